The lowest BCUT2D eigenvalue weighted by molar-refractivity contribution is -0.109. The van der Waals surface area contributed by atoms with Crippen molar-refractivity contribution in [1.29, 1.82) is 10.5 Å². The van der Waals surface area contributed by atoms with Crippen molar-refractivity contribution in [2.75, 3.05) is 0 Å². The van der Waals surface area contributed by atoms with Gasteiger partial charge in [0.05, 0.1) is 0 Å². The number of hydrogen-bond acceptors (Lipinski definition) is 2. The molecule has 0 N–H and O–H groups in total. The Morgan fingerprint density at radius 3 is 2.31 bits per heavy atom. The summed E-state index contributed by atoms with van der Waals surface area (Å²) in [5, 5.41) is 18.8. The summed E-state index contributed by atoms with van der Waals surface area (Å²) in [7, 11) is 0. The van der Waals surface area contributed by atoms with Gasteiger partial charge in [0.1, 0.15) is 17.7 Å². The molecule has 0 unspecified atom stereocenters. The van der Waals surface area contributed by atoms with Gasteiger partial charge in [-0.15, -0.1) is 0 Å². The highest BCUT2D eigenvalue weighted by molar-refractivity contribution is 5.41. The maximum absolute atomic E-state index is 9.38. The number of allylic oxidation sites excluding steroid dienone is 2. The topological polar surface area (TPSA) is 47.6 Å². The van der Waals surface area contributed by atoms with Crippen LogP contribution in [0.3, 0.4) is 0 Å². The zero-order chi connectivity index (χ0) is 23.1. The number of nitriles is 2. The molecule has 0 aliphatic heterocycles. The minimum absolute atomic E-state index is 0.412. The van der Waals surface area contributed by atoms with Crippen molar-refractivity contribution in [3.05, 3.63) is 11.1 Å². The summed E-state index contributed by atoms with van der Waals surface area (Å²) in [6, 6.07) is 4.35. The number of hydrogen-bond donors (Lipinski definition) is 0. The molecule has 4 aliphatic carbocycles. The van der Waals surface area contributed by atoms with Crippen LogP contribution in [0.5, 0.6) is 0 Å². The fourth-order valence-corrected chi connectivity index (χ4v) is 9.51. The molecule has 2 heteroatoms. The van der Waals surface area contributed by atoms with Crippen molar-refractivity contribution < 1.29 is 0 Å². The van der Waals surface area contributed by atoms with E-state index in [1.807, 2.05) is 0 Å². The molecular formula is C30H46N2. The van der Waals surface area contributed by atoms with Gasteiger partial charge in [0, 0.05) is 0 Å². The molecule has 8 atom stereocenters. The van der Waals surface area contributed by atoms with Crippen LogP contribution in [0, 0.1) is 74.9 Å². The van der Waals surface area contributed by atoms with Crippen LogP contribution in [0.4, 0.5) is 0 Å². The third-order valence-corrected chi connectivity index (χ3v) is 11.3. The van der Waals surface area contributed by atoms with Gasteiger partial charge in [-0.05, 0) is 116 Å². The SMILES string of the molecule is CC(C)CCC[C@H](C)[C@@H]1CC[C@@H]2[C@@H]3CC[C@H]4CC(=C(C#N)C#N)CC[C@]4(C)[C@H]3CC[C@@]21C. The first-order chi connectivity index (χ1) is 15.2. The van der Waals surface area contributed by atoms with E-state index >= 15 is 0 Å². The van der Waals surface area contributed by atoms with Gasteiger partial charge in [-0.1, -0.05) is 53.9 Å². The van der Waals surface area contributed by atoms with E-state index in [1.54, 1.807) is 0 Å². The van der Waals surface area contributed by atoms with E-state index in [1.165, 1.54) is 64.2 Å². The lowest BCUT2D eigenvalue weighted by atomic mass is 9.44. The van der Waals surface area contributed by atoms with Crippen molar-refractivity contribution >= 4 is 0 Å². The van der Waals surface area contributed by atoms with E-state index in [2.05, 4.69) is 46.8 Å². The molecule has 4 saturated carbocycles. The van der Waals surface area contributed by atoms with Crippen LogP contribution >= 0.6 is 0 Å². The average molecular weight is 435 g/mol. The largest absolute Gasteiger partial charge is 0.192 e. The van der Waals surface area contributed by atoms with Crippen LogP contribution in [-0.4, -0.2) is 0 Å². The molecule has 0 aromatic rings. The fourth-order valence-electron chi connectivity index (χ4n) is 9.51. The Balaban J connectivity index is 1.48. The quantitative estimate of drug-likeness (QED) is 0.407. The Labute approximate surface area is 197 Å². The first-order valence-corrected chi connectivity index (χ1v) is 13.8. The second-order valence-corrected chi connectivity index (χ2v) is 13.1. The molecule has 0 heterocycles. The monoisotopic (exact) mass is 434 g/mol. The number of fused-ring (bicyclic) bond motifs is 5. The molecule has 0 bridgehead atoms. The van der Waals surface area contributed by atoms with Crippen LogP contribution < -0.4 is 0 Å². The van der Waals surface area contributed by atoms with Crippen molar-refractivity contribution in [1.82, 2.24) is 0 Å². The summed E-state index contributed by atoms with van der Waals surface area (Å²) >= 11 is 0. The minimum atomic E-state index is 0.412. The molecule has 0 radical (unpaired) electrons. The van der Waals surface area contributed by atoms with Gasteiger partial charge in [0.15, 0.2) is 0 Å². The normalized spacial score (nSPS) is 41.8. The van der Waals surface area contributed by atoms with Crippen LogP contribution in [0.1, 0.15) is 112 Å². The molecule has 32 heavy (non-hydrogen) atoms. The van der Waals surface area contributed by atoms with Gasteiger partial charge in [-0.25, -0.2) is 0 Å². The minimum Gasteiger partial charge on any atom is -0.192 e. The molecule has 2 nitrogen and oxygen atoms in total. The summed E-state index contributed by atoms with van der Waals surface area (Å²) in [5.74, 6) is 6.04. The maximum atomic E-state index is 9.38. The molecule has 0 spiro atoms. The lowest BCUT2D eigenvalue weighted by Crippen LogP contribution is -2.53. The highest BCUT2D eigenvalue weighted by Crippen LogP contribution is 2.68. The molecule has 0 aromatic heterocycles. The lowest BCUT2D eigenvalue weighted by Gasteiger charge is -2.61. The number of nitrogens with zero attached hydrogens (tertiary/aromatic N) is 2. The highest BCUT2D eigenvalue weighted by atomic mass is 14.6. The van der Waals surface area contributed by atoms with Crippen LogP contribution in [-0.2, 0) is 0 Å². The third-order valence-electron chi connectivity index (χ3n) is 11.3. The second-order valence-electron chi connectivity index (χ2n) is 13.1. The maximum Gasteiger partial charge on any atom is 0.128 e. The van der Waals surface area contributed by atoms with Gasteiger partial charge < -0.3 is 0 Å². The Hall–Kier alpha value is -1.28. The van der Waals surface area contributed by atoms with Crippen molar-refractivity contribution in [3.63, 3.8) is 0 Å². The van der Waals surface area contributed by atoms with Crippen molar-refractivity contribution in [2.45, 2.75) is 112 Å². The average Bonchev–Trinajstić information content (AvgIpc) is 3.11. The first kappa shape index (κ1) is 23.9. The molecule has 176 valence electrons. The summed E-state index contributed by atoms with van der Waals surface area (Å²) < 4.78 is 0. The van der Waals surface area contributed by atoms with E-state index in [-0.39, 0.29) is 0 Å². The Morgan fingerprint density at radius 1 is 0.906 bits per heavy atom. The van der Waals surface area contributed by atoms with E-state index in [0.29, 0.717) is 22.3 Å². The van der Waals surface area contributed by atoms with Crippen molar-refractivity contribution in [3.8, 4) is 12.1 Å². The van der Waals surface area contributed by atoms with Gasteiger partial charge in [-0.2, -0.15) is 10.5 Å². The van der Waals surface area contributed by atoms with Gasteiger partial charge in [0.25, 0.3) is 0 Å². The zero-order valence-electron chi connectivity index (χ0n) is 21.4. The van der Waals surface area contributed by atoms with Crippen LogP contribution in [0.25, 0.3) is 0 Å². The van der Waals surface area contributed by atoms with Crippen LogP contribution in [0.15, 0.2) is 11.1 Å². The Morgan fingerprint density at radius 2 is 1.62 bits per heavy atom. The molecule has 4 aliphatic rings. The van der Waals surface area contributed by atoms with E-state index < -0.39 is 0 Å². The van der Waals surface area contributed by atoms with Crippen molar-refractivity contribution in [2.24, 2.45) is 52.3 Å². The predicted octanol–water partition coefficient (Wildman–Crippen LogP) is 8.45. The summed E-state index contributed by atoms with van der Waals surface area (Å²) in [4.78, 5) is 0. The fraction of sp³-hybridized carbons (Fsp3) is 0.867. The Bertz CT molecular complexity index is 794. The molecule has 0 aromatic carbocycles. The zero-order valence-corrected chi connectivity index (χ0v) is 21.4. The third kappa shape index (κ3) is 3.95. The molecule has 4 rings (SSSR count). The molecule has 0 amide bonds. The molecule has 0 saturated heterocycles. The first-order valence-electron chi connectivity index (χ1n) is 13.8. The second kappa shape index (κ2) is 9.16. The highest BCUT2D eigenvalue weighted by Gasteiger charge is 2.60. The van der Waals surface area contributed by atoms with Gasteiger partial charge in [0.2, 0.25) is 0 Å². The smallest absolute Gasteiger partial charge is 0.128 e. The van der Waals surface area contributed by atoms with E-state index in [4.69, 9.17) is 0 Å². The summed E-state index contributed by atoms with van der Waals surface area (Å²) in [6.07, 6.45) is 15.9. The molecular weight excluding hydrogens is 388 g/mol. The van der Waals surface area contributed by atoms with Gasteiger partial charge >= 0.3 is 0 Å². The van der Waals surface area contributed by atoms with E-state index in [0.717, 1.165) is 53.9 Å². The van der Waals surface area contributed by atoms with Crippen LogP contribution in [0.2, 0.25) is 0 Å². The standard InChI is InChI=1S/C30H46N2/c1-20(2)7-6-8-21(3)26-11-12-27-25-10-9-24-17-22(23(18-31)19-32)13-15-29(24,4)28(25)14-16-30(26,27)5/h20-21,24-28H,6-17H2,1-5H3/t21-,24-,25-,26-,27+,28-,29-,30+/m0/s1. The van der Waals surface area contributed by atoms with Gasteiger partial charge in [-0.3, -0.25) is 0 Å². The summed E-state index contributed by atoms with van der Waals surface area (Å²) in [6.45, 7) is 12.6. The molecule has 4 fully saturated rings. The Kier molecular flexibility index (Phi) is 6.83. The van der Waals surface area contributed by atoms with E-state index in [9.17, 15) is 10.5 Å². The predicted molar refractivity (Wildman–Crippen MR) is 131 cm³/mol. The summed E-state index contributed by atoms with van der Waals surface area (Å²) in [5.41, 5.74) is 2.56. The number of rotatable bonds is 5.